The van der Waals surface area contributed by atoms with E-state index >= 15 is 0 Å². The Hall–Kier alpha value is -2.79. The Morgan fingerprint density at radius 2 is 2.00 bits per heavy atom. The Balaban J connectivity index is 1.54. The highest BCUT2D eigenvalue weighted by Crippen LogP contribution is 2.28. The number of nitrogens with zero attached hydrogens (tertiary/aromatic N) is 2. The molecule has 0 fully saturated rings. The lowest BCUT2D eigenvalue weighted by Gasteiger charge is -2.17. The third-order valence-electron chi connectivity index (χ3n) is 4.94. The number of para-hydroxylation sites is 1. The topological polar surface area (TPSA) is 47.7 Å². The first kappa shape index (κ1) is 17.6. The van der Waals surface area contributed by atoms with E-state index in [9.17, 15) is 0 Å². The van der Waals surface area contributed by atoms with Crippen molar-refractivity contribution in [2.45, 2.75) is 26.9 Å². The molecule has 5 heteroatoms. The van der Waals surface area contributed by atoms with Crippen molar-refractivity contribution in [1.82, 2.24) is 9.88 Å². The molecule has 0 amide bonds. The van der Waals surface area contributed by atoms with Crippen LogP contribution < -0.4 is 9.47 Å². The average molecular weight is 364 g/mol. The van der Waals surface area contributed by atoms with Gasteiger partial charge in [-0.2, -0.15) is 0 Å². The van der Waals surface area contributed by atoms with Gasteiger partial charge in [-0.15, -0.1) is 0 Å². The zero-order chi connectivity index (χ0) is 18.8. The Bertz CT molecular complexity index is 948. The van der Waals surface area contributed by atoms with Crippen LogP contribution >= 0.6 is 0 Å². The Morgan fingerprint density at radius 1 is 1.15 bits per heavy atom. The molecule has 1 aliphatic rings. The quantitative estimate of drug-likeness (QED) is 0.688. The summed E-state index contributed by atoms with van der Waals surface area (Å²) in [5.74, 6) is 3.36. The van der Waals surface area contributed by atoms with Crippen LogP contribution in [0.1, 0.15) is 22.6 Å². The lowest BCUT2D eigenvalue weighted by atomic mass is 10.1. The van der Waals surface area contributed by atoms with Crippen molar-refractivity contribution in [2.24, 2.45) is 0 Å². The zero-order valence-electron chi connectivity index (χ0n) is 16.0. The van der Waals surface area contributed by atoms with Crippen LogP contribution in [0.15, 0.2) is 46.9 Å². The average Bonchev–Trinajstić information content (AvgIpc) is 2.90. The number of rotatable bonds is 4. The van der Waals surface area contributed by atoms with Crippen LogP contribution in [0.4, 0.5) is 0 Å². The summed E-state index contributed by atoms with van der Waals surface area (Å²) in [7, 11) is 1.68. The second kappa shape index (κ2) is 7.45. The molecule has 0 unspecified atom stereocenters. The van der Waals surface area contributed by atoms with Gasteiger partial charge in [0.05, 0.1) is 12.8 Å². The van der Waals surface area contributed by atoms with Crippen LogP contribution in [0.25, 0.3) is 11.5 Å². The first-order valence-electron chi connectivity index (χ1n) is 9.18. The van der Waals surface area contributed by atoms with Crippen LogP contribution in [-0.2, 0) is 13.1 Å². The van der Waals surface area contributed by atoms with Gasteiger partial charge < -0.3 is 13.9 Å². The molecule has 0 radical (unpaired) electrons. The standard InChI is InChI=1S/C22H24N2O3/c1-15-12-17(8-9-20(15)25-3)22-23-19(16(2)27-22)14-24-10-11-26-21-7-5-4-6-18(21)13-24/h4-9,12H,10-11,13-14H2,1-3H3. The summed E-state index contributed by atoms with van der Waals surface area (Å²) >= 11 is 0. The highest BCUT2D eigenvalue weighted by atomic mass is 16.5. The van der Waals surface area contributed by atoms with Crippen molar-refractivity contribution in [3.8, 4) is 23.0 Å². The molecule has 0 bridgehead atoms. The summed E-state index contributed by atoms with van der Waals surface area (Å²) in [6, 6.07) is 14.2. The normalized spacial score (nSPS) is 14.3. The molecule has 140 valence electrons. The number of aryl methyl sites for hydroxylation is 2. The monoisotopic (exact) mass is 364 g/mol. The van der Waals surface area contributed by atoms with E-state index in [0.29, 0.717) is 12.5 Å². The first-order chi connectivity index (χ1) is 13.1. The molecule has 5 nitrogen and oxygen atoms in total. The fourth-order valence-electron chi connectivity index (χ4n) is 3.44. The number of methoxy groups -OCH3 is 1. The van der Waals surface area contributed by atoms with Gasteiger partial charge in [0.2, 0.25) is 5.89 Å². The second-order valence-corrected chi connectivity index (χ2v) is 6.87. The number of aromatic nitrogens is 1. The van der Waals surface area contributed by atoms with Gasteiger partial charge >= 0.3 is 0 Å². The maximum absolute atomic E-state index is 5.96. The highest BCUT2D eigenvalue weighted by molar-refractivity contribution is 5.57. The van der Waals surface area contributed by atoms with Crippen LogP contribution in [-0.4, -0.2) is 30.1 Å². The van der Waals surface area contributed by atoms with E-state index in [-0.39, 0.29) is 0 Å². The van der Waals surface area contributed by atoms with Gasteiger partial charge in [0.25, 0.3) is 0 Å². The molecular weight excluding hydrogens is 340 g/mol. The fraction of sp³-hybridized carbons (Fsp3) is 0.318. The fourth-order valence-corrected chi connectivity index (χ4v) is 3.44. The predicted molar refractivity (Wildman–Crippen MR) is 104 cm³/mol. The van der Waals surface area contributed by atoms with Gasteiger partial charge in [0.15, 0.2) is 0 Å². The third kappa shape index (κ3) is 3.69. The van der Waals surface area contributed by atoms with Gasteiger partial charge in [-0.3, -0.25) is 4.90 Å². The van der Waals surface area contributed by atoms with E-state index in [2.05, 4.69) is 17.0 Å². The lowest BCUT2D eigenvalue weighted by Crippen LogP contribution is -2.25. The van der Waals surface area contributed by atoms with Gasteiger partial charge in [0.1, 0.15) is 23.9 Å². The summed E-state index contributed by atoms with van der Waals surface area (Å²) in [5.41, 5.74) is 4.21. The van der Waals surface area contributed by atoms with Crippen molar-refractivity contribution < 1.29 is 13.9 Å². The second-order valence-electron chi connectivity index (χ2n) is 6.87. The smallest absolute Gasteiger partial charge is 0.226 e. The van der Waals surface area contributed by atoms with Gasteiger partial charge in [-0.1, -0.05) is 18.2 Å². The number of hydrogen-bond donors (Lipinski definition) is 0. The minimum absolute atomic E-state index is 0.653. The van der Waals surface area contributed by atoms with E-state index in [4.69, 9.17) is 18.9 Å². The van der Waals surface area contributed by atoms with Gasteiger partial charge in [-0.25, -0.2) is 4.98 Å². The molecule has 3 aromatic rings. The Labute approximate surface area is 159 Å². The van der Waals surface area contributed by atoms with Crippen molar-refractivity contribution in [2.75, 3.05) is 20.3 Å². The summed E-state index contributed by atoms with van der Waals surface area (Å²) in [6.45, 7) is 7.12. The Morgan fingerprint density at radius 3 is 2.81 bits per heavy atom. The molecule has 0 saturated carbocycles. The maximum Gasteiger partial charge on any atom is 0.226 e. The molecule has 0 spiro atoms. The molecule has 0 N–H and O–H groups in total. The van der Waals surface area contributed by atoms with Crippen LogP contribution in [0, 0.1) is 13.8 Å². The van der Waals surface area contributed by atoms with Crippen molar-refractivity contribution in [3.63, 3.8) is 0 Å². The van der Waals surface area contributed by atoms with Crippen molar-refractivity contribution in [1.29, 1.82) is 0 Å². The summed E-state index contributed by atoms with van der Waals surface area (Å²) in [6.07, 6.45) is 0. The summed E-state index contributed by atoms with van der Waals surface area (Å²) in [4.78, 5) is 7.11. The molecular formula is C22H24N2O3. The third-order valence-corrected chi connectivity index (χ3v) is 4.94. The number of fused-ring (bicyclic) bond motifs is 1. The molecule has 0 saturated heterocycles. The molecule has 0 aliphatic carbocycles. The van der Waals surface area contributed by atoms with Crippen LogP contribution in [0.3, 0.4) is 0 Å². The molecule has 1 aromatic heterocycles. The van der Waals surface area contributed by atoms with E-state index in [1.807, 2.05) is 44.2 Å². The Kier molecular flexibility index (Phi) is 4.86. The maximum atomic E-state index is 5.96. The van der Waals surface area contributed by atoms with E-state index in [0.717, 1.165) is 53.7 Å². The summed E-state index contributed by atoms with van der Waals surface area (Å²) in [5, 5.41) is 0. The largest absolute Gasteiger partial charge is 0.496 e. The van der Waals surface area contributed by atoms with Gasteiger partial charge in [0, 0.05) is 30.8 Å². The van der Waals surface area contributed by atoms with E-state index in [1.54, 1.807) is 7.11 Å². The molecule has 0 atom stereocenters. The van der Waals surface area contributed by atoms with Crippen LogP contribution in [0.2, 0.25) is 0 Å². The summed E-state index contributed by atoms with van der Waals surface area (Å²) < 4.78 is 17.2. The first-order valence-corrected chi connectivity index (χ1v) is 9.18. The molecule has 2 aromatic carbocycles. The predicted octanol–water partition coefficient (Wildman–Crippen LogP) is 4.36. The van der Waals surface area contributed by atoms with Crippen LogP contribution in [0.5, 0.6) is 11.5 Å². The van der Waals surface area contributed by atoms with Crippen molar-refractivity contribution in [3.05, 3.63) is 65.0 Å². The number of oxazole rings is 1. The molecule has 1 aliphatic heterocycles. The molecule has 2 heterocycles. The van der Waals surface area contributed by atoms with E-state index < -0.39 is 0 Å². The molecule has 27 heavy (non-hydrogen) atoms. The number of hydrogen-bond acceptors (Lipinski definition) is 5. The minimum Gasteiger partial charge on any atom is -0.496 e. The molecule has 4 rings (SSSR count). The lowest BCUT2D eigenvalue weighted by molar-refractivity contribution is 0.217. The minimum atomic E-state index is 0.653. The zero-order valence-corrected chi connectivity index (χ0v) is 16.0. The highest BCUT2D eigenvalue weighted by Gasteiger charge is 2.19. The van der Waals surface area contributed by atoms with E-state index in [1.165, 1.54) is 5.56 Å². The number of benzene rings is 2. The van der Waals surface area contributed by atoms with Gasteiger partial charge in [-0.05, 0) is 43.7 Å². The van der Waals surface area contributed by atoms with Crippen molar-refractivity contribution >= 4 is 0 Å². The number of ether oxygens (including phenoxy) is 2. The SMILES string of the molecule is COc1ccc(-c2nc(CN3CCOc4ccccc4C3)c(C)o2)cc1C.